The molecular formula is C16H25FIN3O2. The highest BCUT2D eigenvalue weighted by molar-refractivity contribution is 14.0. The van der Waals surface area contributed by atoms with Gasteiger partial charge in [0.25, 0.3) is 0 Å². The van der Waals surface area contributed by atoms with E-state index in [1.54, 1.807) is 13.1 Å². The number of benzene rings is 1. The molecular weight excluding hydrogens is 412 g/mol. The van der Waals surface area contributed by atoms with Gasteiger partial charge in [0.15, 0.2) is 17.5 Å². The molecule has 2 N–H and O–H groups in total. The van der Waals surface area contributed by atoms with Crippen molar-refractivity contribution >= 4 is 29.9 Å². The highest BCUT2D eigenvalue weighted by Crippen LogP contribution is 2.28. The molecule has 0 bridgehead atoms. The lowest BCUT2D eigenvalue weighted by molar-refractivity contribution is 0.115. The minimum absolute atomic E-state index is 0. The fourth-order valence-corrected chi connectivity index (χ4v) is 2.07. The second-order valence-electron chi connectivity index (χ2n) is 5.63. The van der Waals surface area contributed by atoms with Crippen LogP contribution in [0.1, 0.15) is 18.4 Å². The number of guanidine groups is 1. The molecule has 7 heteroatoms. The van der Waals surface area contributed by atoms with Crippen LogP contribution in [0.2, 0.25) is 0 Å². The largest absolute Gasteiger partial charge is 0.505 e. The van der Waals surface area contributed by atoms with Gasteiger partial charge in [0.1, 0.15) is 0 Å². The van der Waals surface area contributed by atoms with Gasteiger partial charge in [-0.15, -0.1) is 24.0 Å². The van der Waals surface area contributed by atoms with Crippen molar-refractivity contribution in [3.63, 3.8) is 0 Å². The van der Waals surface area contributed by atoms with Gasteiger partial charge in [-0.2, -0.15) is 0 Å². The first-order valence-electron chi connectivity index (χ1n) is 7.57. The summed E-state index contributed by atoms with van der Waals surface area (Å²) in [7, 11) is 3.65. The highest BCUT2D eigenvalue weighted by Gasteiger charge is 2.21. The number of hydrogen-bond donors (Lipinski definition) is 2. The third kappa shape index (κ3) is 6.90. The Balaban J connectivity index is 0.00000264. The number of aliphatic imine (C=N–C) groups is 1. The summed E-state index contributed by atoms with van der Waals surface area (Å²) in [5.41, 5.74) is 0.745. The molecule has 1 saturated carbocycles. The second kappa shape index (κ2) is 9.92. The maximum atomic E-state index is 13.3. The minimum atomic E-state index is -0.615. The SMILES string of the molecule is CN=C(NCc1ccc(O)c(F)c1)N(C)CCOCC1CC1.I. The number of ether oxygens (including phenoxy) is 1. The predicted octanol–water partition coefficient (Wildman–Crippen LogP) is 2.58. The molecule has 0 aliphatic heterocycles. The number of halogens is 2. The van der Waals surface area contributed by atoms with E-state index in [4.69, 9.17) is 4.74 Å². The molecule has 0 atom stereocenters. The van der Waals surface area contributed by atoms with Gasteiger partial charge in [0.2, 0.25) is 0 Å². The minimum Gasteiger partial charge on any atom is -0.505 e. The van der Waals surface area contributed by atoms with Crippen LogP contribution in [0.5, 0.6) is 5.75 Å². The third-order valence-electron chi connectivity index (χ3n) is 3.66. The summed E-state index contributed by atoms with van der Waals surface area (Å²) >= 11 is 0. The Morgan fingerprint density at radius 2 is 2.22 bits per heavy atom. The van der Waals surface area contributed by atoms with Crippen LogP contribution < -0.4 is 5.32 Å². The Kier molecular flexibility index (Phi) is 8.60. The number of phenolic OH excluding ortho intramolecular Hbond substituents is 1. The maximum absolute atomic E-state index is 13.3. The molecule has 1 aliphatic carbocycles. The molecule has 1 aliphatic rings. The molecule has 0 radical (unpaired) electrons. The molecule has 0 unspecified atom stereocenters. The van der Waals surface area contributed by atoms with E-state index in [1.807, 2.05) is 11.9 Å². The Bertz CT molecular complexity index is 524. The summed E-state index contributed by atoms with van der Waals surface area (Å²) in [5, 5.41) is 12.3. The van der Waals surface area contributed by atoms with Crippen LogP contribution >= 0.6 is 24.0 Å². The van der Waals surface area contributed by atoms with Crippen molar-refractivity contribution in [1.29, 1.82) is 0 Å². The van der Waals surface area contributed by atoms with Gasteiger partial charge in [-0.1, -0.05) is 6.07 Å². The lowest BCUT2D eigenvalue weighted by Gasteiger charge is -2.22. The first-order chi connectivity index (χ1) is 10.6. The third-order valence-corrected chi connectivity index (χ3v) is 3.66. The van der Waals surface area contributed by atoms with E-state index in [0.29, 0.717) is 13.2 Å². The molecule has 5 nitrogen and oxygen atoms in total. The zero-order chi connectivity index (χ0) is 15.9. The topological polar surface area (TPSA) is 57.1 Å². The normalized spacial score (nSPS) is 14.3. The first-order valence-corrected chi connectivity index (χ1v) is 7.57. The van der Waals surface area contributed by atoms with Gasteiger partial charge >= 0.3 is 0 Å². The van der Waals surface area contributed by atoms with E-state index < -0.39 is 5.82 Å². The van der Waals surface area contributed by atoms with Crippen LogP contribution in [-0.2, 0) is 11.3 Å². The summed E-state index contributed by atoms with van der Waals surface area (Å²) in [5.74, 6) is 0.546. The lowest BCUT2D eigenvalue weighted by Crippen LogP contribution is -2.40. The van der Waals surface area contributed by atoms with Crippen molar-refractivity contribution in [1.82, 2.24) is 10.2 Å². The monoisotopic (exact) mass is 437 g/mol. The number of nitrogens with one attached hydrogen (secondary N) is 1. The number of hydrogen-bond acceptors (Lipinski definition) is 3. The van der Waals surface area contributed by atoms with Crippen molar-refractivity contribution in [2.24, 2.45) is 10.9 Å². The van der Waals surface area contributed by atoms with Crippen LogP contribution in [0.25, 0.3) is 0 Å². The van der Waals surface area contributed by atoms with E-state index in [1.165, 1.54) is 25.0 Å². The fourth-order valence-electron chi connectivity index (χ4n) is 2.07. The molecule has 130 valence electrons. The second-order valence-corrected chi connectivity index (χ2v) is 5.63. The van der Waals surface area contributed by atoms with Crippen LogP contribution in [0.3, 0.4) is 0 Å². The number of phenols is 1. The predicted molar refractivity (Wildman–Crippen MR) is 99.9 cm³/mol. The van der Waals surface area contributed by atoms with Crippen molar-refractivity contribution in [2.75, 3.05) is 33.9 Å². The molecule has 23 heavy (non-hydrogen) atoms. The Morgan fingerprint density at radius 1 is 1.48 bits per heavy atom. The molecule has 1 aromatic carbocycles. The van der Waals surface area contributed by atoms with Gasteiger partial charge in [-0.05, 0) is 36.5 Å². The molecule has 0 saturated heterocycles. The Labute approximate surface area is 153 Å². The molecule has 0 spiro atoms. The quantitative estimate of drug-likeness (QED) is 0.298. The molecule has 0 amide bonds. The molecule has 0 heterocycles. The Morgan fingerprint density at radius 3 is 2.83 bits per heavy atom. The van der Waals surface area contributed by atoms with Gasteiger partial charge in [0, 0.05) is 33.8 Å². The van der Waals surface area contributed by atoms with Crippen molar-refractivity contribution in [3.05, 3.63) is 29.6 Å². The summed E-state index contributed by atoms with van der Waals surface area (Å²) in [6.45, 7) is 2.71. The smallest absolute Gasteiger partial charge is 0.193 e. The van der Waals surface area contributed by atoms with Gasteiger partial charge in [-0.25, -0.2) is 4.39 Å². The van der Waals surface area contributed by atoms with Gasteiger partial charge in [-0.3, -0.25) is 4.99 Å². The zero-order valence-corrected chi connectivity index (χ0v) is 15.9. The van der Waals surface area contributed by atoms with Crippen molar-refractivity contribution in [2.45, 2.75) is 19.4 Å². The number of aromatic hydroxyl groups is 1. The number of likely N-dealkylation sites (N-methyl/N-ethyl adjacent to an activating group) is 1. The van der Waals surface area contributed by atoms with Crippen molar-refractivity contribution < 1.29 is 14.2 Å². The highest BCUT2D eigenvalue weighted by atomic mass is 127. The summed E-state index contributed by atoms with van der Waals surface area (Å²) in [6, 6.07) is 4.34. The van der Waals surface area contributed by atoms with E-state index >= 15 is 0 Å². The van der Waals surface area contributed by atoms with Crippen LogP contribution in [0, 0.1) is 11.7 Å². The number of nitrogens with zero attached hydrogens (tertiary/aromatic N) is 2. The zero-order valence-electron chi connectivity index (χ0n) is 13.6. The van der Waals surface area contributed by atoms with Gasteiger partial charge < -0.3 is 20.1 Å². The van der Waals surface area contributed by atoms with E-state index in [-0.39, 0.29) is 29.7 Å². The molecule has 0 aromatic heterocycles. The standard InChI is InChI=1S/C16H24FN3O2.HI/c1-18-16(20(2)7-8-22-11-12-3-4-12)19-10-13-5-6-15(21)14(17)9-13;/h5-6,9,12,21H,3-4,7-8,10-11H2,1-2H3,(H,18,19);1H. The molecule has 1 fully saturated rings. The molecule has 1 aromatic rings. The fraction of sp³-hybridized carbons (Fsp3) is 0.562. The van der Waals surface area contributed by atoms with Gasteiger partial charge in [0.05, 0.1) is 6.61 Å². The van der Waals surface area contributed by atoms with E-state index in [0.717, 1.165) is 30.6 Å². The first kappa shape index (κ1) is 20.0. The van der Waals surface area contributed by atoms with Crippen molar-refractivity contribution in [3.8, 4) is 5.75 Å². The number of rotatable bonds is 7. The average molecular weight is 437 g/mol. The van der Waals surface area contributed by atoms with E-state index in [2.05, 4.69) is 10.3 Å². The molecule has 2 rings (SSSR count). The van der Waals surface area contributed by atoms with Crippen LogP contribution in [0.4, 0.5) is 4.39 Å². The van der Waals surface area contributed by atoms with E-state index in [9.17, 15) is 9.50 Å². The maximum Gasteiger partial charge on any atom is 0.193 e. The lowest BCUT2D eigenvalue weighted by atomic mass is 10.2. The average Bonchev–Trinajstić information content (AvgIpc) is 3.32. The van der Waals surface area contributed by atoms with Crippen LogP contribution in [0.15, 0.2) is 23.2 Å². The summed E-state index contributed by atoms with van der Waals surface area (Å²) in [4.78, 5) is 6.18. The summed E-state index contributed by atoms with van der Waals surface area (Å²) < 4.78 is 18.9. The summed E-state index contributed by atoms with van der Waals surface area (Å²) in [6.07, 6.45) is 2.59. The Hall–Kier alpha value is -1.09. The van der Waals surface area contributed by atoms with Crippen LogP contribution in [-0.4, -0.2) is 49.8 Å².